The predicted molar refractivity (Wildman–Crippen MR) is 98.0 cm³/mol. The fraction of sp³-hybridized carbons (Fsp3) is 0.263. The van der Waals surface area contributed by atoms with Crippen LogP contribution in [0.5, 0.6) is 0 Å². The number of hydrogen-bond donors (Lipinski definition) is 0. The van der Waals surface area contributed by atoms with Gasteiger partial charge < -0.3 is 4.90 Å². The average molecular weight is 342 g/mol. The molecule has 1 aromatic heterocycles. The second-order valence-electron chi connectivity index (χ2n) is 6.34. The fourth-order valence-electron chi connectivity index (χ4n) is 2.83. The lowest BCUT2D eigenvalue weighted by molar-refractivity contribution is 0.414. The van der Waals surface area contributed by atoms with Gasteiger partial charge >= 0.3 is 0 Å². The van der Waals surface area contributed by atoms with Gasteiger partial charge in [0.1, 0.15) is 0 Å². The summed E-state index contributed by atoms with van der Waals surface area (Å²) in [5.74, 6) is 0. The molecule has 5 heteroatoms. The zero-order valence-electron chi connectivity index (χ0n) is 14.2. The number of nitrogens with zero attached hydrogens (tertiary/aromatic N) is 2. The normalized spacial score (nSPS) is 12.2. The zero-order chi connectivity index (χ0) is 17.3. The minimum absolute atomic E-state index is 0.307. The molecule has 2 aromatic carbocycles. The molecule has 0 radical (unpaired) electrons. The monoisotopic (exact) mass is 342 g/mol. The van der Waals surface area contributed by atoms with Gasteiger partial charge in [0.05, 0.1) is 10.4 Å². The molecule has 0 aliphatic heterocycles. The highest BCUT2D eigenvalue weighted by Gasteiger charge is 2.21. The van der Waals surface area contributed by atoms with E-state index in [1.54, 1.807) is 30.5 Å². The highest BCUT2D eigenvalue weighted by molar-refractivity contribution is 7.90. The summed E-state index contributed by atoms with van der Waals surface area (Å²) < 4.78 is 27.5. The van der Waals surface area contributed by atoms with Crippen molar-refractivity contribution in [2.24, 2.45) is 0 Å². The zero-order valence-corrected chi connectivity index (χ0v) is 15.0. The van der Waals surface area contributed by atoms with Crippen molar-refractivity contribution >= 4 is 20.9 Å². The lowest BCUT2D eigenvalue weighted by atomic mass is 10.1. The van der Waals surface area contributed by atoms with Crippen molar-refractivity contribution in [1.29, 1.82) is 0 Å². The molecule has 1 heterocycles. The first-order valence-electron chi connectivity index (χ1n) is 7.95. The van der Waals surface area contributed by atoms with Crippen molar-refractivity contribution in [3.8, 4) is 0 Å². The Labute approximate surface area is 143 Å². The molecule has 0 spiro atoms. The van der Waals surface area contributed by atoms with Crippen molar-refractivity contribution < 1.29 is 8.42 Å². The van der Waals surface area contributed by atoms with Crippen LogP contribution in [0.25, 0.3) is 10.9 Å². The molecule has 3 rings (SSSR count). The molecule has 4 nitrogen and oxygen atoms in total. The largest absolute Gasteiger partial charge is 0.309 e. The maximum Gasteiger partial charge on any atom is 0.268 e. The highest BCUT2D eigenvalue weighted by Crippen LogP contribution is 2.27. The molecular weight excluding hydrogens is 320 g/mol. The van der Waals surface area contributed by atoms with Crippen LogP contribution in [0.1, 0.15) is 11.1 Å². The first-order valence-corrected chi connectivity index (χ1v) is 9.39. The molecule has 0 atom stereocenters. The van der Waals surface area contributed by atoms with Crippen molar-refractivity contribution in [3.63, 3.8) is 0 Å². The van der Waals surface area contributed by atoms with Crippen LogP contribution in [0.2, 0.25) is 0 Å². The summed E-state index contributed by atoms with van der Waals surface area (Å²) in [6, 6.07) is 14.5. The Hall–Kier alpha value is -2.11. The van der Waals surface area contributed by atoms with Crippen LogP contribution in [0, 0.1) is 6.92 Å². The average Bonchev–Trinajstić information content (AvgIpc) is 2.92. The first kappa shape index (κ1) is 16.7. The molecule has 3 aromatic rings. The van der Waals surface area contributed by atoms with Crippen LogP contribution in [-0.2, 0) is 16.4 Å². The van der Waals surface area contributed by atoms with Crippen LogP contribution < -0.4 is 0 Å². The summed E-state index contributed by atoms with van der Waals surface area (Å²) in [6.45, 7) is 2.90. The third-order valence-electron chi connectivity index (χ3n) is 4.14. The fourth-order valence-corrected chi connectivity index (χ4v) is 4.24. The lowest BCUT2D eigenvalue weighted by Crippen LogP contribution is -2.15. The molecule has 0 saturated heterocycles. The van der Waals surface area contributed by atoms with Gasteiger partial charge in [-0.1, -0.05) is 29.8 Å². The van der Waals surface area contributed by atoms with E-state index in [1.807, 2.05) is 39.2 Å². The number of benzene rings is 2. The van der Waals surface area contributed by atoms with E-state index in [0.717, 1.165) is 35.0 Å². The molecule has 0 amide bonds. The summed E-state index contributed by atoms with van der Waals surface area (Å²) in [7, 11) is 0.445. The molecule has 126 valence electrons. The Morgan fingerprint density at radius 3 is 2.42 bits per heavy atom. The first-order chi connectivity index (χ1) is 11.4. The topological polar surface area (TPSA) is 42.3 Å². The minimum Gasteiger partial charge on any atom is -0.309 e. The quantitative estimate of drug-likeness (QED) is 0.714. The SMILES string of the molecule is Cc1ccc2c(c1)c(CCN(C)C)cn2S(=O)(=O)c1ccccc1. The maximum absolute atomic E-state index is 13.0. The summed E-state index contributed by atoms with van der Waals surface area (Å²) in [6.07, 6.45) is 2.58. The van der Waals surface area contributed by atoms with Crippen LogP contribution in [0.4, 0.5) is 0 Å². The van der Waals surface area contributed by atoms with E-state index >= 15 is 0 Å². The van der Waals surface area contributed by atoms with Gasteiger partial charge in [-0.15, -0.1) is 0 Å². The van der Waals surface area contributed by atoms with Crippen LogP contribution in [-0.4, -0.2) is 37.9 Å². The standard InChI is InChI=1S/C19H22N2O2S/c1-15-9-10-19-18(13-15)16(11-12-20(2)3)14-21(19)24(22,23)17-7-5-4-6-8-17/h4-10,13-14H,11-12H2,1-3H3. The van der Waals surface area contributed by atoms with Crippen LogP contribution in [0.3, 0.4) is 0 Å². The van der Waals surface area contributed by atoms with Gasteiger partial charge in [0.15, 0.2) is 0 Å². The van der Waals surface area contributed by atoms with E-state index in [4.69, 9.17) is 0 Å². The number of likely N-dealkylation sites (N-methyl/N-ethyl adjacent to an activating group) is 1. The van der Waals surface area contributed by atoms with Crippen molar-refractivity contribution in [2.45, 2.75) is 18.2 Å². The van der Waals surface area contributed by atoms with Gasteiger partial charge in [-0.05, 0) is 57.3 Å². The summed E-state index contributed by atoms with van der Waals surface area (Å²) >= 11 is 0. The molecule has 24 heavy (non-hydrogen) atoms. The Morgan fingerprint density at radius 2 is 1.75 bits per heavy atom. The summed E-state index contributed by atoms with van der Waals surface area (Å²) in [4.78, 5) is 2.41. The molecular formula is C19H22N2O2S. The number of fused-ring (bicyclic) bond motifs is 1. The van der Waals surface area contributed by atoms with E-state index in [2.05, 4.69) is 11.0 Å². The van der Waals surface area contributed by atoms with E-state index < -0.39 is 10.0 Å². The highest BCUT2D eigenvalue weighted by atomic mass is 32.2. The van der Waals surface area contributed by atoms with Gasteiger partial charge in [0.25, 0.3) is 10.0 Å². The smallest absolute Gasteiger partial charge is 0.268 e. The number of rotatable bonds is 5. The second-order valence-corrected chi connectivity index (χ2v) is 8.16. The molecule has 0 bridgehead atoms. The molecule has 0 aliphatic carbocycles. The third-order valence-corrected chi connectivity index (χ3v) is 5.82. The minimum atomic E-state index is -3.59. The van der Waals surface area contributed by atoms with E-state index in [1.165, 1.54) is 3.97 Å². The Balaban J connectivity index is 2.18. The second kappa shape index (κ2) is 6.42. The van der Waals surface area contributed by atoms with Gasteiger partial charge in [0, 0.05) is 18.1 Å². The van der Waals surface area contributed by atoms with E-state index in [0.29, 0.717) is 4.90 Å². The summed E-state index contributed by atoms with van der Waals surface area (Å²) in [5, 5.41) is 1.01. The third kappa shape index (κ3) is 3.09. The molecule has 0 saturated carbocycles. The number of aromatic nitrogens is 1. The van der Waals surface area contributed by atoms with Gasteiger partial charge in [-0.25, -0.2) is 12.4 Å². The number of aryl methyl sites for hydroxylation is 1. The van der Waals surface area contributed by atoms with Crippen LogP contribution >= 0.6 is 0 Å². The summed E-state index contributed by atoms with van der Waals surface area (Å²) in [5.41, 5.74) is 2.92. The Morgan fingerprint density at radius 1 is 1.04 bits per heavy atom. The molecule has 0 aliphatic rings. The van der Waals surface area contributed by atoms with Crippen molar-refractivity contribution in [3.05, 3.63) is 65.9 Å². The van der Waals surface area contributed by atoms with Gasteiger partial charge in [0.2, 0.25) is 0 Å². The van der Waals surface area contributed by atoms with E-state index in [9.17, 15) is 8.42 Å². The van der Waals surface area contributed by atoms with Crippen molar-refractivity contribution in [2.75, 3.05) is 20.6 Å². The van der Waals surface area contributed by atoms with Crippen molar-refractivity contribution in [1.82, 2.24) is 8.87 Å². The Kier molecular flexibility index (Phi) is 4.47. The molecule has 0 N–H and O–H groups in total. The van der Waals surface area contributed by atoms with Gasteiger partial charge in [-0.2, -0.15) is 0 Å². The van der Waals surface area contributed by atoms with Gasteiger partial charge in [-0.3, -0.25) is 0 Å². The van der Waals surface area contributed by atoms with E-state index in [-0.39, 0.29) is 0 Å². The maximum atomic E-state index is 13.0. The molecule has 0 fully saturated rings. The number of hydrogen-bond acceptors (Lipinski definition) is 3. The molecule has 0 unspecified atom stereocenters. The predicted octanol–water partition coefficient (Wildman–Crippen LogP) is 3.29. The lowest BCUT2D eigenvalue weighted by Gasteiger charge is -2.08. The van der Waals surface area contributed by atoms with Crippen LogP contribution in [0.15, 0.2) is 59.6 Å². The Bertz CT molecular complexity index is 958.